The fourth-order valence-corrected chi connectivity index (χ4v) is 4.05. The lowest BCUT2D eigenvalue weighted by Crippen LogP contribution is -2.42. The van der Waals surface area contributed by atoms with E-state index in [0.717, 1.165) is 25.3 Å². The molecule has 0 aliphatic carbocycles. The molecule has 0 saturated heterocycles. The molecule has 3 aromatic carbocycles. The van der Waals surface area contributed by atoms with Crippen molar-refractivity contribution in [3.05, 3.63) is 77.3 Å². The van der Waals surface area contributed by atoms with Crippen LogP contribution >= 0.6 is 27.3 Å². The maximum absolute atomic E-state index is 12.7. The van der Waals surface area contributed by atoms with Gasteiger partial charge in [-0.05, 0) is 74.5 Å². The summed E-state index contributed by atoms with van der Waals surface area (Å²) in [6.45, 7) is 3.50. The highest BCUT2D eigenvalue weighted by molar-refractivity contribution is 9.10. The number of anilines is 1. The first-order valence-electron chi connectivity index (χ1n) is 9.13. The summed E-state index contributed by atoms with van der Waals surface area (Å²) in [5.74, 6) is 0.424. The summed E-state index contributed by atoms with van der Waals surface area (Å²) in [7, 11) is 0. The Morgan fingerprint density at radius 3 is 2.38 bits per heavy atom. The van der Waals surface area contributed by atoms with Crippen LogP contribution in [0.1, 0.15) is 13.8 Å². The van der Waals surface area contributed by atoms with Crippen LogP contribution in [0.5, 0.6) is 5.75 Å². The molecule has 4 nitrogen and oxygen atoms in total. The average Bonchev–Trinajstić information content (AvgIpc) is 3.14. The highest BCUT2D eigenvalue weighted by atomic mass is 79.9. The highest BCUT2D eigenvalue weighted by Gasteiger charge is 2.30. The number of benzene rings is 3. The maximum Gasteiger partial charge on any atom is 0.267 e. The minimum atomic E-state index is -1.01. The van der Waals surface area contributed by atoms with E-state index in [4.69, 9.17) is 4.74 Å². The number of halogens is 1. The number of carbonyl (C=O) groups is 1. The van der Waals surface area contributed by atoms with Gasteiger partial charge in [-0.3, -0.25) is 4.79 Å². The molecular weight excluding hydrogens is 448 g/mol. The number of thiazole rings is 1. The fourth-order valence-electron chi connectivity index (χ4n) is 2.82. The second-order valence-electron chi connectivity index (χ2n) is 7.08. The summed E-state index contributed by atoms with van der Waals surface area (Å²) in [6.07, 6.45) is 0. The number of hydrogen-bond acceptors (Lipinski definition) is 4. The number of para-hydroxylation sites is 1. The summed E-state index contributed by atoms with van der Waals surface area (Å²) in [5.41, 5.74) is 1.72. The monoisotopic (exact) mass is 466 g/mol. The molecular formula is C23H19BrN2O2S. The van der Waals surface area contributed by atoms with Crippen molar-refractivity contribution in [3.63, 3.8) is 0 Å². The Kier molecular flexibility index (Phi) is 5.39. The molecule has 0 fully saturated rings. The molecule has 0 bridgehead atoms. The van der Waals surface area contributed by atoms with E-state index < -0.39 is 5.60 Å². The van der Waals surface area contributed by atoms with Crippen molar-refractivity contribution in [2.45, 2.75) is 19.4 Å². The number of fused-ring (bicyclic) bond motifs is 1. The largest absolute Gasteiger partial charge is 0.478 e. The van der Waals surface area contributed by atoms with E-state index in [1.807, 2.05) is 66.7 Å². The number of ether oxygens (including phenoxy) is 1. The zero-order valence-electron chi connectivity index (χ0n) is 16.0. The topological polar surface area (TPSA) is 51.2 Å². The van der Waals surface area contributed by atoms with E-state index in [2.05, 4.69) is 32.3 Å². The molecule has 0 atom stereocenters. The lowest BCUT2D eigenvalue weighted by molar-refractivity contribution is -0.128. The smallest absolute Gasteiger partial charge is 0.267 e. The number of hydrogen-bond donors (Lipinski definition) is 1. The van der Waals surface area contributed by atoms with Crippen molar-refractivity contribution in [2.24, 2.45) is 0 Å². The summed E-state index contributed by atoms with van der Waals surface area (Å²) in [4.78, 5) is 17.4. The number of rotatable bonds is 5. The van der Waals surface area contributed by atoms with Gasteiger partial charge in [0.2, 0.25) is 0 Å². The first-order chi connectivity index (χ1) is 13.9. The summed E-state index contributed by atoms with van der Waals surface area (Å²) < 4.78 is 7.99. The van der Waals surface area contributed by atoms with Gasteiger partial charge in [-0.2, -0.15) is 0 Å². The lowest BCUT2D eigenvalue weighted by atomic mass is 10.1. The van der Waals surface area contributed by atoms with Crippen molar-refractivity contribution in [3.8, 4) is 16.3 Å². The van der Waals surface area contributed by atoms with Gasteiger partial charge in [-0.25, -0.2) is 4.98 Å². The van der Waals surface area contributed by atoms with E-state index in [0.29, 0.717) is 11.4 Å². The van der Waals surface area contributed by atoms with Gasteiger partial charge in [0, 0.05) is 15.7 Å². The Bertz CT molecular complexity index is 1120. The molecule has 0 saturated carbocycles. The predicted molar refractivity (Wildman–Crippen MR) is 123 cm³/mol. The van der Waals surface area contributed by atoms with E-state index in [1.54, 1.807) is 25.2 Å². The summed E-state index contributed by atoms with van der Waals surface area (Å²) in [6, 6.07) is 23.2. The van der Waals surface area contributed by atoms with Crippen LogP contribution < -0.4 is 10.1 Å². The van der Waals surface area contributed by atoms with Crippen LogP contribution in [0, 0.1) is 0 Å². The van der Waals surface area contributed by atoms with Crippen LogP contribution in [0.3, 0.4) is 0 Å². The standard InChI is InChI=1S/C23H19BrN2O2S/c1-23(2,28-18-13-9-16(24)10-14-18)22(27)25-17-11-7-15(8-12-17)21-26-19-5-3-4-6-20(19)29-21/h3-14H,1-2H3,(H,25,27). The molecule has 146 valence electrons. The van der Waals surface area contributed by atoms with Crippen molar-refractivity contribution in [1.29, 1.82) is 0 Å². The van der Waals surface area contributed by atoms with E-state index in [9.17, 15) is 4.79 Å². The van der Waals surface area contributed by atoms with Gasteiger partial charge in [-0.15, -0.1) is 11.3 Å². The summed E-state index contributed by atoms with van der Waals surface area (Å²) >= 11 is 5.05. The van der Waals surface area contributed by atoms with Crippen LogP contribution in [-0.2, 0) is 4.79 Å². The van der Waals surface area contributed by atoms with Crippen LogP contribution in [0.2, 0.25) is 0 Å². The Balaban J connectivity index is 1.46. The molecule has 1 heterocycles. The van der Waals surface area contributed by atoms with Gasteiger partial charge in [0.15, 0.2) is 5.60 Å². The normalized spacial score (nSPS) is 11.4. The Hall–Kier alpha value is -2.70. The number of nitrogens with zero attached hydrogens (tertiary/aromatic N) is 1. The molecule has 0 radical (unpaired) electrons. The zero-order chi connectivity index (χ0) is 20.4. The van der Waals surface area contributed by atoms with Crippen LogP contribution in [-0.4, -0.2) is 16.5 Å². The molecule has 29 heavy (non-hydrogen) atoms. The molecule has 0 spiro atoms. The van der Waals surface area contributed by atoms with Gasteiger partial charge >= 0.3 is 0 Å². The highest BCUT2D eigenvalue weighted by Crippen LogP contribution is 2.31. The maximum atomic E-state index is 12.7. The molecule has 0 aliphatic rings. The van der Waals surface area contributed by atoms with Gasteiger partial charge in [0.25, 0.3) is 5.91 Å². The lowest BCUT2D eigenvalue weighted by Gasteiger charge is -2.25. The third-order valence-electron chi connectivity index (χ3n) is 4.42. The van der Waals surface area contributed by atoms with Crippen molar-refractivity contribution < 1.29 is 9.53 Å². The van der Waals surface area contributed by atoms with Gasteiger partial charge in [-0.1, -0.05) is 28.1 Å². The third-order valence-corrected chi connectivity index (χ3v) is 6.03. The third kappa shape index (κ3) is 4.49. The number of amides is 1. The molecule has 4 rings (SSSR count). The molecule has 1 N–H and O–H groups in total. The molecule has 1 aromatic heterocycles. The second-order valence-corrected chi connectivity index (χ2v) is 9.03. The predicted octanol–water partition coefficient (Wildman–Crippen LogP) is 6.52. The quantitative estimate of drug-likeness (QED) is 0.364. The number of carbonyl (C=O) groups excluding carboxylic acids is 1. The number of nitrogens with one attached hydrogen (secondary N) is 1. The van der Waals surface area contributed by atoms with Crippen molar-refractivity contribution in [2.75, 3.05) is 5.32 Å². The van der Waals surface area contributed by atoms with Crippen LogP contribution in [0.25, 0.3) is 20.8 Å². The van der Waals surface area contributed by atoms with Crippen LogP contribution in [0.15, 0.2) is 77.3 Å². The molecule has 1 amide bonds. The average molecular weight is 467 g/mol. The van der Waals surface area contributed by atoms with Gasteiger partial charge in [0.1, 0.15) is 10.8 Å². The zero-order valence-corrected chi connectivity index (χ0v) is 18.4. The van der Waals surface area contributed by atoms with Gasteiger partial charge < -0.3 is 10.1 Å². The van der Waals surface area contributed by atoms with E-state index in [-0.39, 0.29) is 5.91 Å². The minimum Gasteiger partial charge on any atom is -0.478 e. The Labute approximate surface area is 181 Å². The van der Waals surface area contributed by atoms with Gasteiger partial charge in [0.05, 0.1) is 10.2 Å². The molecule has 0 unspecified atom stereocenters. The van der Waals surface area contributed by atoms with Crippen molar-refractivity contribution in [1.82, 2.24) is 4.98 Å². The first-order valence-corrected chi connectivity index (χ1v) is 10.7. The number of aromatic nitrogens is 1. The summed E-state index contributed by atoms with van der Waals surface area (Å²) in [5, 5.41) is 3.89. The second kappa shape index (κ2) is 7.97. The fraction of sp³-hybridized carbons (Fsp3) is 0.130. The van der Waals surface area contributed by atoms with E-state index >= 15 is 0 Å². The Morgan fingerprint density at radius 1 is 1.00 bits per heavy atom. The Morgan fingerprint density at radius 2 is 1.69 bits per heavy atom. The minimum absolute atomic E-state index is 0.215. The van der Waals surface area contributed by atoms with E-state index in [1.165, 1.54) is 0 Å². The SMILES string of the molecule is CC(C)(Oc1ccc(Br)cc1)C(=O)Nc1ccc(-c2nc3ccccc3s2)cc1. The molecule has 0 aliphatic heterocycles. The van der Waals surface area contributed by atoms with Crippen LogP contribution in [0.4, 0.5) is 5.69 Å². The first kappa shape index (κ1) is 19.6. The molecule has 4 aromatic rings. The molecule has 6 heteroatoms. The van der Waals surface area contributed by atoms with Crippen molar-refractivity contribution >= 4 is 49.1 Å².